The molecule has 6 nitrogen and oxygen atoms in total. The Bertz CT molecular complexity index is 1200. The van der Waals surface area contributed by atoms with Crippen molar-refractivity contribution in [2.75, 3.05) is 11.9 Å². The van der Waals surface area contributed by atoms with Gasteiger partial charge in [0, 0.05) is 26.4 Å². The van der Waals surface area contributed by atoms with Crippen molar-refractivity contribution in [3.63, 3.8) is 0 Å². The summed E-state index contributed by atoms with van der Waals surface area (Å²) in [6, 6.07) is 12.3. The van der Waals surface area contributed by atoms with Gasteiger partial charge in [0.25, 0.3) is 0 Å². The van der Waals surface area contributed by atoms with Crippen molar-refractivity contribution >= 4 is 55.4 Å². The zero-order chi connectivity index (χ0) is 18.5. The van der Waals surface area contributed by atoms with E-state index in [-0.39, 0.29) is 12.5 Å². The average molecular weight is 387 g/mol. The first kappa shape index (κ1) is 16.8. The van der Waals surface area contributed by atoms with E-state index >= 15 is 0 Å². The third kappa shape index (κ3) is 2.90. The molecular formula is C18H15ClN4O2S. The lowest BCUT2D eigenvalue weighted by atomic mass is 10.1. The SMILES string of the molecule is C=S(N)(=O)c1cccc(C2=NCC(=O)Nc3c2[nH]c2ccc(Cl)cc32)c1. The molecule has 0 bridgehead atoms. The highest BCUT2D eigenvalue weighted by molar-refractivity contribution is 7.98. The molecule has 0 fully saturated rings. The fourth-order valence-corrected chi connectivity index (χ4v) is 3.78. The summed E-state index contributed by atoms with van der Waals surface area (Å²) in [4.78, 5) is 20.3. The van der Waals surface area contributed by atoms with Gasteiger partial charge >= 0.3 is 0 Å². The highest BCUT2D eigenvalue weighted by Gasteiger charge is 2.23. The zero-order valence-electron chi connectivity index (χ0n) is 13.6. The third-order valence-electron chi connectivity index (χ3n) is 4.15. The van der Waals surface area contributed by atoms with E-state index in [9.17, 15) is 9.00 Å². The van der Waals surface area contributed by atoms with Crippen molar-refractivity contribution < 1.29 is 9.00 Å². The van der Waals surface area contributed by atoms with E-state index < -0.39 is 9.71 Å². The number of aliphatic imine (C=N–C) groups is 1. The molecule has 26 heavy (non-hydrogen) atoms. The number of aromatic nitrogens is 1. The van der Waals surface area contributed by atoms with Crippen molar-refractivity contribution in [1.82, 2.24) is 4.98 Å². The van der Waals surface area contributed by atoms with Crippen LogP contribution in [-0.2, 0) is 14.5 Å². The zero-order valence-corrected chi connectivity index (χ0v) is 15.2. The molecule has 1 amide bonds. The summed E-state index contributed by atoms with van der Waals surface area (Å²) >= 11 is 6.11. The Kier molecular flexibility index (Phi) is 3.87. The molecule has 3 aromatic rings. The minimum absolute atomic E-state index is 0.0213. The highest BCUT2D eigenvalue weighted by Crippen LogP contribution is 2.33. The van der Waals surface area contributed by atoms with Crippen molar-refractivity contribution in [2.45, 2.75) is 4.90 Å². The van der Waals surface area contributed by atoms with Crippen molar-refractivity contribution in [2.24, 2.45) is 10.1 Å². The van der Waals surface area contributed by atoms with Crippen LogP contribution in [0.25, 0.3) is 10.9 Å². The van der Waals surface area contributed by atoms with Crippen molar-refractivity contribution in [3.8, 4) is 0 Å². The summed E-state index contributed by atoms with van der Waals surface area (Å²) < 4.78 is 12.1. The summed E-state index contributed by atoms with van der Waals surface area (Å²) in [6.07, 6.45) is 0. The van der Waals surface area contributed by atoms with Crippen LogP contribution in [0.5, 0.6) is 0 Å². The molecule has 0 saturated carbocycles. The summed E-state index contributed by atoms with van der Waals surface area (Å²) in [5.74, 6) is 3.30. The van der Waals surface area contributed by atoms with E-state index in [2.05, 4.69) is 21.2 Å². The number of halogens is 1. The van der Waals surface area contributed by atoms with E-state index in [0.29, 0.717) is 32.6 Å². The molecule has 1 aromatic heterocycles. The number of hydrogen-bond acceptors (Lipinski definition) is 3. The van der Waals surface area contributed by atoms with Crippen LogP contribution in [0, 0.1) is 0 Å². The van der Waals surface area contributed by atoms with Gasteiger partial charge in [-0.25, -0.2) is 4.21 Å². The topological polar surface area (TPSA) is 100 Å². The van der Waals surface area contributed by atoms with Crippen molar-refractivity contribution in [1.29, 1.82) is 0 Å². The molecule has 8 heteroatoms. The second-order valence-corrected chi connectivity index (χ2v) is 8.39. The molecule has 0 spiro atoms. The van der Waals surface area contributed by atoms with Gasteiger partial charge in [-0.05, 0) is 36.2 Å². The Morgan fingerprint density at radius 3 is 2.81 bits per heavy atom. The first-order chi connectivity index (χ1) is 12.3. The number of fused-ring (bicyclic) bond motifs is 3. The Balaban J connectivity index is 1.96. The normalized spacial score (nSPS) is 16.4. The van der Waals surface area contributed by atoms with Gasteiger partial charge < -0.3 is 10.3 Å². The number of H-pyrrole nitrogens is 1. The number of nitrogens with one attached hydrogen (secondary N) is 2. The number of rotatable bonds is 2. The second-order valence-electron chi connectivity index (χ2n) is 6.03. The van der Waals surface area contributed by atoms with Crippen LogP contribution in [0.4, 0.5) is 5.69 Å². The Morgan fingerprint density at radius 1 is 1.23 bits per heavy atom. The summed E-state index contributed by atoms with van der Waals surface area (Å²) in [5.41, 5.74) is 3.39. The molecule has 2 heterocycles. The van der Waals surface area contributed by atoms with Gasteiger partial charge in [-0.3, -0.25) is 14.9 Å². The fourth-order valence-electron chi connectivity index (χ4n) is 2.97. The quantitative estimate of drug-likeness (QED) is 0.589. The number of anilines is 1. The van der Waals surface area contributed by atoms with Crippen LogP contribution in [0.1, 0.15) is 11.3 Å². The predicted octanol–water partition coefficient (Wildman–Crippen LogP) is 2.56. The first-order valence-corrected chi connectivity index (χ1v) is 9.91. The second kappa shape index (κ2) is 5.98. The van der Waals surface area contributed by atoms with Crippen LogP contribution in [0.2, 0.25) is 5.02 Å². The Hall–Kier alpha value is -2.61. The summed E-state index contributed by atoms with van der Waals surface area (Å²) in [7, 11) is -2.86. The van der Waals surface area contributed by atoms with E-state index in [1.54, 1.807) is 30.3 Å². The molecule has 0 aliphatic carbocycles. The van der Waals surface area contributed by atoms with Gasteiger partial charge in [-0.2, -0.15) is 0 Å². The number of nitrogens with zero attached hydrogens (tertiary/aromatic N) is 1. The third-order valence-corrected chi connectivity index (χ3v) is 5.44. The van der Waals surface area contributed by atoms with Gasteiger partial charge in [0.2, 0.25) is 5.91 Å². The van der Waals surface area contributed by atoms with Gasteiger partial charge in [0.15, 0.2) is 0 Å². The number of aromatic amines is 1. The maximum atomic E-state index is 12.1. The largest absolute Gasteiger partial charge is 0.351 e. The van der Waals surface area contributed by atoms with Gasteiger partial charge in [-0.1, -0.05) is 23.7 Å². The van der Waals surface area contributed by atoms with E-state index in [4.69, 9.17) is 16.7 Å². The number of benzene rings is 2. The maximum Gasteiger partial charge on any atom is 0.246 e. The molecule has 132 valence electrons. The summed E-state index contributed by atoms with van der Waals surface area (Å²) in [6.45, 7) is -0.0213. The van der Waals surface area contributed by atoms with Crippen LogP contribution < -0.4 is 10.5 Å². The molecule has 1 aliphatic rings. The maximum absolute atomic E-state index is 12.1. The summed E-state index contributed by atoms with van der Waals surface area (Å²) in [5, 5.41) is 9.91. The van der Waals surface area contributed by atoms with Crippen LogP contribution in [-0.4, -0.2) is 33.2 Å². The van der Waals surface area contributed by atoms with E-state index in [1.807, 2.05) is 12.1 Å². The molecule has 1 atom stereocenters. The van der Waals surface area contributed by atoms with Crippen molar-refractivity contribution in [3.05, 3.63) is 58.7 Å². The molecule has 4 rings (SSSR count). The van der Waals surface area contributed by atoms with E-state index in [1.165, 1.54) is 0 Å². The predicted molar refractivity (Wildman–Crippen MR) is 107 cm³/mol. The number of carbonyl (C=O) groups excluding carboxylic acids is 1. The van der Waals surface area contributed by atoms with Gasteiger partial charge in [0.05, 0.1) is 26.8 Å². The first-order valence-electron chi connectivity index (χ1n) is 7.74. The molecule has 0 radical (unpaired) electrons. The lowest BCUT2D eigenvalue weighted by Gasteiger charge is -2.09. The smallest absolute Gasteiger partial charge is 0.246 e. The van der Waals surface area contributed by atoms with Crippen LogP contribution in [0.3, 0.4) is 0 Å². The molecule has 1 aliphatic heterocycles. The molecule has 4 N–H and O–H groups in total. The van der Waals surface area contributed by atoms with Crippen LogP contribution >= 0.6 is 11.6 Å². The molecule has 0 saturated heterocycles. The Labute approximate surface area is 155 Å². The lowest BCUT2D eigenvalue weighted by Crippen LogP contribution is -2.13. The van der Waals surface area contributed by atoms with Gasteiger partial charge in [0.1, 0.15) is 6.54 Å². The lowest BCUT2D eigenvalue weighted by molar-refractivity contribution is -0.114. The van der Waals surface area contributed by atoms with Crippen LogP contribution in [0.15, 0.2) is 52.4 Å². The minimum atomic E-state index is -2.86. The molecule has 2 aromatic carbocycles. The number of carbonyl (C=O) groups is 1. The monoisotopic (exact) mass is 386 g/mol. The highest BCUT2D eigenvalue weighted by atomic mass is 35.5. The standard InChI is InChI=1S/C18H15ClN4O2S/c1-26(20,25)12-4-2-3-10(7-12)16-18-17(23-15(24)9-21-16)13-8-11(19)5-6-14(13)22-18/h2-8,22H,1,9H2,(H2,20,25)(H,23,24). The Morgan fingerprint density at radius 2 is 2.04 bits per heavy atom. The van der Waals surface area contributed by atoms with Gasteiger partial charge in [-0.15, -0.1) is 0 Å². The molecular weight excluding hydrogens is 372 g/mol. The number of amides is 1. The van der Waals surface area contributed by atoms with E-state index in [0.717, 1.165) is 10.9 Å². The molecule has 1 unspecified atom stereocenters. The average Bonchev–Trinajstić information content (AvgIpc) is 2.83. The number of hydrogen-bond donors (Lipinski definition) is 3. The minimum Gasteiger partial charge on any atom is -0.351 e. The number of nitrogens with two attached hydrogens (primary N) is 1. The fraction of sp³-hybridized carbons (Fsp3) is 0.0556.